The summed E-state index contributed by atoms with van der Waals surface area (Å²) in [5.74, 6) is 0.400. The Bertz CT molecular complexity index is 543. The minimum absolute atomic E-state index is 0.400. The number of rotatable bonds is 6. The Morgan fingerprint density at radius 3 is 2.16 bits per heavy atom. The van der Waals surface area contributed by atoms with Gasteiger partial charge >= 0.3 is 0 Å². The van der Waals surface area contributed by atoms with Crippen molar-refractivity contribution in [2.24, 2.45) is 0 Å². The molecule has 1 heteroatoms. The van der Waals surface area contributed by atoms with Gasteiger partial charge in [-0.3, -0.25) is 0 Å². The van der Waals surface area contributed by atoms with Crippen LogP contribution in [0.25, 0.3) is 10.8 Å². The molecule has 2 rings (SSSR count). The molecule has 0 atom stereocenters. The minimum atomic E-state index is 0.400. The summed E-state index contributed by atoms with van der Waals surface area (Å²) in [4.78, 5) is 0. The van der Waals surface area contributed by atoms with Crippen LogP contribution in [0.15, 0.2) is 30.3 Å². The maximum absolute atomic E-state index is 9.99. The molecule has 0 aliphatic carbocycles. The first-order chi connectivity index (χ1) is 9.26. The Hall–Kier alpha value is -1.50. The number of aryl methyl sites for hydroxylation is 2. The van der Waals surface area contributed by atoms with Crippen molar-refractivity contribution in [1.29, 1.82) is 0 Å². The first-order valence-corrected chi connectivity index (χ1v) is 7.49. The van der Waals surface area contributed by atoms with Gasteiger partial charge in [0.15, 0.2) is 0 Å². The molecule has 19 heavy (non-hydrogen) atoms. The Morgan fingerprint density at radius 2 is 1.53 bits per heavy atom. The van der Waals surface area contributed by atoms with Crippen molar-refractivity contribution in [1.82, 2.24) is 0 Å². The van der Waals surface area contributed by atoms with Crippen LogP contribution in [0.3, 0.4) is 0 Å². The highest BCUT2D eigenvalue weighted by molar-refractivity contribution is 5.89. The number of hydrogen-bond acceptors (Lipinski definition) is 1. The topological polar surface area (TPSA) is 20.2 Å². The summed E-state index contributed by atoms with van der Waals surface area (Å²) < 4.78 is 0. The third-order valence-corrected chi connectivity index (χ3v) is 3.78. The monoisotopic (exact) mass is 256 g/mol. The van der Waals surface area contributed by atoms with E-state index in [0.29, 0.717) is 5.75 Å². The van der Waals surface area contributed by atoms with E-state index < -0.39 is 0 Å². The van der Waals surface area contributed by atoms with Crippen LogP contribution in [0.5, 0.6) is 5.75 Å². The van der Waals surface area contributed by atoms with Gasteiger partial charge in [-0.1, -0.05) is 44.9 Å². The summed E-state index contributed by atoms with van der Waals surface area (Å²) in [6.45, 7) is 4.46. The molecule has 102 valence electrons. The summed E-state index contributed by atoms with van der Waals surface area (Å²) >= 11 is 0. The van der Waals surface area contributed by atoms with Crippen LogP contribution in [-0.4, -0.2) is 5.11 Å². The van der Waals surface area contributed by atoms with Crippen molar-refractivity contribution >= 4 is 10.8 Å². The summed E-state index contributed by atoms with van der Waals surface area (Å²) in [5.41, 5.74) is 2.89. The molecule has 0 fully saturated rings. The predicted octanol–water partition coefficient (Wildman–Crippen LogP) is 5.23. The Balaban J connectivity index is 2.43. The molecule has 0 saturated heterocycles. The highest BCUT2D eigenvalue weighted by atomic mass is 16.3. The first-order valence-electron chi connectivity index (χ1n) is 7.49. The molecular weight excluding hydrogens is 232 g/mol. The number of benzene rings is 2. The van der Waals surface area contributed by atoms with Gasteiger partial charge in [0.25, 0.3) is 0 Å². The third-order valence-electron chi connectivity index (χ3n) is 3.78. The molecule has 0 aromatic heterocycles. The molecular formula is C18H24O. The van der Waals surface area contributed by atoms with Crippen LogP contribution in [0.2, 0.25) is 0 Å². The smallest absolute Gasteiger partial charge is 0.123 e. The second kappa shape index (κ2) is 6.60. The van der Waals surface area contributed by atoms with E-state index in [4.69, 9.17) is 0 Å². The molecule has 0 radical (unpaired) electrons. The van der Waals surface area contributed by atoms with Gasteiger partial charge in [-0.15, -0.1) is 0 Å². The zero-order valence-electron chi connectivity index (χ0n) is 12.1. The van der Waals surface area contributed by atoms with E-state index in [1.165, 1.54) is 36.8 Å². The highest BCUT2D eigenvalue weighted by Gasteiger charge is 2.07. The zero-order valence-corrected chi connectivity index (χ0v) is 12.1. The number of aromatic hydroxyl groups is 1. The van der Waals surface area contributed by atoms with Gasteiger partial charge in [-0.2, -0.15) is 0 Å². The summed E-state index contributed by atoms with van der Waals surface area (Å²) in [5, 5.41) is 12.1. The maximum atomic E-state index is 9.99. The average Bonchev–Trinajstić information content (AvgIpc) is 2.43. The van der Waals surface area contributed by atoms with Gasteiger partial charge in [-0.05, 0) is 54.3 Å². The first kappa shape index (κ1) is 13.9. The molecule has 0 saturated carbocycles. The van der Waals surface area contributed by atoms with Crippen molar-refractivity contribution in [2.75, 3.05) is 0 Å². The lowest BCUT2D eigenvalue weighted by Crippen LogP contribution is -1.95. The van der Waals surface area contributed by atoms with Crippen molar-refractivity contribution < 1.29 is 5.11 Å². The molecule has 0 aliphatic rings. The highest BCUT2D eigenvalue weighted by Crippen LogP contribution is 2.29. The van der Waals surface area contributed by atoms with E-state index in [1.807, 2.05) is 6.07 Å². The second-order valence-electron chi connectivity index (χ2n) is 5.33. The van der Waals surface area contributed by atoms with E-state index in [2.05, 4.69) is 32.0 Å². The van der Waals surface area contributed by atoms with E-state index in [-0.39, 0.29) is 0 Å². The number of fused-ring (bicyclic) bond motifs is 1. The predicted molar refractivity (Wildman–Crippen MR) is 82.8 cm³/mol. The van der Waals surface area contributed by atoms with Crippen LogP contribution >= 0.6 is 0 Å². The SMILES string of the molecule is CCCCc1cc2cccc(O)c2cc1CCCC. The van der Waals surface area contributed by atoms with Crippen LogP contribution in [0.1, 0.15) is 50.7 Å². The number of unbranched alkanes of at least 4 members (excludes halogenated alkanes) is 2. The Labute approximate surface area is 116 Å². The molecule has 1 nitrogen and oxygen atoms in total. The fourth-order valence-corrected chi connectivity index (χ4v) is 2.60. The van der Waals surface area contributed by atoms with Crippen molar-refractivity contribution in [2.45, 2.75) is 52.4 Å². The maximum Gasteiger partial charge on any atom is 0.123 e. The summed E-state index contributed by atoms with van der Waals surface area (Å²) in [6.07, 6.45) is 7.18. The molecule has 2 aromatic rings. The van der Waals surface area contributed by atoms with Crippen LogP contribution < -0.4 is 0 Å². The Morgan fingerprint density at radius 1 is 0.895 bits per heavy atom. The number of phenolic OH excluding ortho intramolecular Hbond substituents is 1. The van der Waals surface area contributed by atoms with Gasteiger partial charge in [0.1, 0.15) is 5.75 Å². The van der Waals surface area contributed by atoms with Crippen molar-refractivity contribution in [3.05, 3.63) is 41.5 Å². The summed E-state index contributed by atoms with van der Waals surface area (Å²) in [6, 6.07) is 10.3. The molecule has 0 amide bonds. The van der Waals surface area contributed by atoms with Crippen LogP contribution in [0.4, 0.5) is 0 Å². The average molecular weight is 256 g/mol. The van der Waals surface area contributed by atoms with Crippen molar-refractivity contribution in [3.63, 3.8) is 0 Å². The Kier molecular flexibility index (Phi) is 4.84. The van der Waals surface area contributed by atoms with Crippen molar-refractivity contribution in [3.8, 4) is 5.75 Å². The normalized spacial score (nSPS) is 11.1. The molecule has 1 N–H and O–H groups in total. The van der Waals surface area contributed by atoms with Gasteiger partial charge in [0.2, 0.25) is 0 Å². The van der Waals surface area contributed by atoms with E-state index in [1.54, 1.807) is 6.07 Å². The van der Waals surface area contributed by atoms with Gasteiger partial charge in [0, 0.05) is 5.39 Å². The lowest BCUT2D eigenvalue weighted by Gasteiger charge is -2.12. The molecule has 0 spiro atoms. The van der Waals surface area contributed by atoms with Gasteiger partial charge < -0.3 is 5.11 Å². The number of hydrogen-bond donors (Lipinski definition) is 1. The largest absolute Gasteiger partial charge is 0.507 e. The molecule has 0 bridgehead atoms. The van der Waals surface area contributed by atoms with E-state index in [0.717, 1.165) is 23.6 Å². The standard InChI is InChI=1S/C18H24O/c1-3-5-8-14-12-16-10-7-11-18(19)17(16)13-15(14)9-6-4-2/h7,10-13,19H,3-6,8-9H2,1-2H3. The number of phenols is 1. The fraction of sp³-hybridized carbons (Fsp3) is 0.444. The summed E-state index contributed by atoms with van der Waals surface area (Å²) in [7, 11) is 0. The third kappa shape index (κ3) is 3.28. The molecule has 2 aromatic carbocycles. The minimum Gasteiger partial charge on any atom is -0.507 e. The zero-order chi connectivity index (χ0) is 13.7. The van der Waals surface area contributed by atoms with E-state index >= 15 is 0 Å². The lowest BCUT2D eigenvalue weighted by atomic mass is 9.94. The van der Waals surface area contributed by atoms with Crippen LogP contribution in [-0.2, 0) is 12.8 Å². The molecule has 0 aliphatic heterocycles. The fourth-order valence-electron chi connectivity index (χ4n) is 2.60. The van der Waals surface area contributed by atoms with Gasteiger partial charge in [-0.25, -0.2) is 0 Å². The molecule has 0 heterocycles. The quantitative estimate of drug-likeness (QED) is 0.750. The second-order valence-corrected chi connectivity index (χ2v) is 5.33. The van der Waals surface area contributed by atoms with Gasteiger partial charge in [0.05, 0.1) is 0 Å². The molecule has 0 unspecified atom stereocenters. The van der Waals surface area contributed by atoms with Crippen LogP contribution in [0, 0.1) is 0 Å². The lowest BCUT2D eigenvalue weighted by molar-refractivity contribution is 0.481. The van der Waals surface area contributed by atoms with E-state index in [9.17, 15) is 5.11 Å².